The van der Waals surface area contributed by atoms with Crippen LogP contribution in [-0.2, 0) is 0 Å². The Kier molecular flexibility index (Phi) is 3.82. The summed E-state index contributed by atoms with van der Waals surface area (Å²) in [4.78, 5) is 9.08. The van der Waals surface area contributed by atoms with Gasteiger partial charge in [0.05, 0.1) is 11.9 Å². The van der Waals surface area contributed by atoms with Gasteiger partial charge in [-0.25, -0.2) is 18.7 Å². The first-order valence-electron chi connectivity index (χ1n) is 5.13. The van der Waals surface area contributed by atoms with Gasteiger partial charge >= 0.3 is 12.3 Å². The fraction of sp³-hybridized carbons (Fsp3) is 0.400. The van der Waals surface area contributed by atoms with E-state index in [2.05, 4.69) is 15.3 Å². The van der Waals surface area contributed by atoms with E-state index in [1.54, 1.807) is 13.0 Å². The van der Waals surface area contributed by atoms with E-state index in [-0.39, 0.29) is 11.1 Å². The summed E-state index contributed by atoms with van der Waals surface area (Å²) in [6, 6.07) is 1.68. The number of aromatic nitrogens is 2. The standard InChI is InChI=1S/C10H8ClF4N3S/c1-4-2-5-6(16-3-10(14,15)8(12)13)17-9(11)18-7(5)19-4/h2,8H,3H2,1H3,(H,16,17,18). The maximum Gasteiger partial charge on any atom is 0.324 e. The summed E-state index contributed by atoms with van der Waals surface area (Å²) in [5, 5.41) is 2.56. The van der Waals surface area contributed by atoms with E-state index in [1.165, 1.54) is 11.3 Å². The maximum absolute atomic E-state index is 12.9. The van der Waals surface area contributed by atoms with E-state index in [1.807, 2.05) is 0 Å². The van der Waals surface area contributed by atoms with Crippen molar-refractivity contribution in [3.05, 3.63) is 16.2 Å². The number of thiophene rings is 1. The highest BCUT2D eigenvalue weighted by Crippen LogP contribution is 2.30. The number of hydrogen-bond acceptors (Lipinski definition) is 4. The number of aryl methyl sites for hydroxylation is 1. The molecule has 0 aliphatic rings. The molecule has 0 fully saturated rings. The maximum atomic E-state index is 12.9. The minimum absolute atomic E-state index is 0.0275. The summed E-state index contributed by atoms with van der Waals surface area (Å²) in [6.07, 6.45) is -3.74. The molecule has 0 atom stereocenters. The Morgan fingerprint density at radius 1 is 1.42 bits per heavy atom. The van der Waals surface area contributed by atoms with Crippen LogP contribution in [0, 0.1) is 6.92 Å². The van der Waals surface area contributed by atoms with Crippen LogP contribution in [0.3, 0.4) is 0 Å². The van der Waals surface area contributed by atoms with Gasteiger partial charge < -0.3 is 5.32 Å². The van der Waals surface area contributed by atoms with E-state index in [9.17, 15) is 17.6 Å². The highest BCUT2D eigenvalue weighted by atomic mass is 35.5. The minimum atomic E-state index is -4.13. The molecule has 0 aromatic carbocycles. The predicted octanol–water partition coefficient (Wildman–Crippen LogP) is 3.97. The van der Waals surface area contributed by atoms with Gasteiger partial charge in [-0.2, -0.15) is 8.78 Å². The topological polar surface area (TPSA) is 37.8 Å². The Morgan fingerprint density at radius 2 is 2.11 bits per heavy atom. The van der Waals surface area contributed by atoms with Gasteiger partial charge in [-0.1, -0.05) is 0 Å². The third-order valence-corrected chi connectivity index (χ3v) is 3.41. The lowest BCUT2D eigenvalue weighted by atomic mass is 10.3. The highest BCUT2D eigenvalue weighted by molar-refractivity contribution is 7.18. The Morgan fingerprint density at radius 3 is 2.74 bits per heavy atom. The molecular weight excluding hydrogens is 306 g/mol. The Labute approximate surface area is 114 Å². The lowest BCUT2D eigenvalue weighted by molar-refractivity contribution is -0.117. The van der Waals surface area contributed by atoms with E-state index in [4.69, 9.17) is 11.6 Å². The molecule has 0 bridgehead atoms. The number of nitrogens with one attached hydrogen (secondary N) is 1. The van der Waals surface area contributed by atoms with Gasteiger partial charge in [0.1, 0.15) is 10.6 Å². The first-order chi connectivity index (χ1) is 8.79. The average molecular weight is 314 g/mol. The van der Waals surface area contributed by atoms with E-state index in [0.29, 0.717) is 10.2 Å². The molecule has 0 unspecified atom stereocenters. The molecule has 1 N–H and O–H groups in total. The third kappa shape index (κ3) is 3.06. The van der Waals surface area contributed by atoms with Gasteiger partial charge in [0.2, 0.25) is 5.28 Å². The van der Waals surface area contributed by atoms with Crippen LogP contribution < -0.4 is 5.32 Å². The second-order valence-corrected chi connectivity index (χ2v) is 5.41. The van der Waals surface area contributed by atoms with Gasteiger partial charge in [-0.15, -0.1) is 11.3 Å². The van der Waals surface area contributed by atoms with Crippen molar-refractivity contribution in [3.63, 3.8) is 0 Å². The molecule has 0 amide bonds. The van der Waals surface area contributed by atoms with Gasteiger partial charge in [-0.3, -0.25) is 0 Å². The average Bonchev–Trinajstić information content (AvgIpc) is 2.66. The van der Waals surface area contributed by atoms with Gasteiger partial charge in [0.15, 0.2) is 0 Å². The lowest BCUT2D eigenvalue weighted by Crippen LogP contribution is -2.35. The van der Waals surface area contributed by atoms with Crippen molar-refractivity contribution >= 4 is 39.0 Å². The largest absolute Gasteiger partial charge is 0.363 e. The van der Waals surface area contributed by atoms with Gasteiger partial charge in [0, 0.05) is 4.88 Å². The zero-order valence-corrected chi connectivity index (χ0v) is 11.1. The van der Waals surface area contributed by atoms with E-state index in [0.717, 1.165) is 4.88 Å². The summed E-state index contributed by atoms with van der Waals surface area (Å²) < 4.78 is 49.8. The van der Waals surface area contributed by atoms with E-state index < -0.39 is 18.9 Å². The second-order valence-electron chi connectivity index (χ2n) is 3.83. The molecule has 19 heavy (non-hydrogen) atoms. The number of fused-ring (bicyclic) bond motifs is 1. The minimum Gasteiger partial charge on any atom is -0.363 e. The monoisotopic (exact) mass is 313 g/mol. The van der Waals surface area contributed by atoms with Crippen LogP contribution in [0.5, 0.6) is 0 Å². The molecule has 3 nitrogen and oxygen atoms in total. The Hall–Kier alpha value is -1.15. The first-order valence-corrected chi connectivity index (χ1v) is 6.32. The van der Waals surface area contributed by atoms with Gasteiger partial charge in [-0.05, 0) is 24.6 Å². The molecule has 104 valence electrons. The summed E-state index contributed by atoms with van der Waals surface area (Å²) in [6.45, 7) is 0.583. The zero-order valence-electron chi connectivity index (χ0n) is 9.55. The van der Waals surface area contributed by atoms with Crippen molar-refractivity contribution in [2.45, 2.75) is 19.3 Å². The number of halogens is 5. The Balaban J connectivity index is 2.30. The van der Waals surface area contributed by atoms with Crippen LogP contribution >= 0.6 is 22.9 Å². The SMILES string of the molecule is Cc1cc2c(NCC(F)(F)C(F)F)nc(Cl)nc2s1. The molecule has 2 aromatic rings. The number of anilines is 1. The van der Waals surface area contributed by atoms with Crippen molar-refractivity contribution in [2.24, 2.45) is 0 Å². The summed E-state index contributed by atoms with van der Waals surface area (Å²) in [7, 11) is 0. The van der Waals surface area contributed by atoms with Crippen molar-refractivity contribution < 1.29 is 17.6 Å². The van der Waals surface area contributed by atoms with Crippen LogP contribution in [0.4, 0.5) is 23.4 Å². The van der Waals surface area contributed by atoms with Crippen molar-refractivity contribution in [2.75, 3.05) is 11.9 Å². The number of alkyl halides is 4. The number of nitrogens with zero attached hydrogens (tertiary/aromatic N) is 2. The molecule has 0 aliphatic carbocycles. The molecular formula is C10H8ClF4N3S. The molecule has 0 saturated heterocycles. The third-order valence-electron chi connectivity index (χ3n) is 2.30. The van der Waals surface area contributed by atoms with E-state index >= 15 is 0 Å². The van der Waals surface area contributed by atoms with Crippen molar-refractivity contribution in [3.8, 4) is 0 Å². The predicted molar refractivity (Wildman–Crippen MR) is 66.6 cm³/mol. The quantitative estimate of drug-likeness (QED) is 0.685. The molecule has 2 rings (SSSR count). The smallest absolute Gasteiger partial charge is 0.324 e. The van der Waals surface area contributed by atoms with Crippen molar-refractivity contribution in [1.29, 1.82) is 0 Å². The first kappa shape index (κ1) is 14.3. The molecule has 9 heteroatoms. The Bertz CT molecular complexity index is 602. The molecule has 0 saturated carbocycles. The fourth-order valence-corrected chi connectivity index (χ4v) is 2.53. The van der Waals surface area contributed by atoms with Crippen LogP contribution in [0.2, 0.25) is 5.28 Å². The second kappa shape index (κ2) is 5.09. The van der Waals surface area contributed by atoms with Crippen LogP contribution in [0.25, 0.3) is 10.2 Å². The molecule has 0 spiro atoms. The molecule has 2 heterocycles. The van der Waals surface area contributed by atoms with Crippen LogP contribution in [-0.4, -0.2) is 28.9 Å². The zero-order chi connectivity index (χ0) is 14.2. The number of hydrogen-bond donors (Lipinski definition) is 1. The molecule has 2 aromatic heterocycles. The normalized spacial score (nSPS) is 12.4. The number of rotatable bonds is 4. The summed E-state index contributed by atoms with van der Waals surface area (Å²) in [5.41, 5.74) is 0. The molecule has 0 radical (unpaired) electrons. The van der Waals surface area contributed by atoms with Gasteiger partial charge in [0.25, 0.3) is 0 Å². The molecule has 0 aliphatic heterocycles. The van der Waals surface area contributed by atoms with Crippen LogP contribution in [0.15, 0.2) is 6.07 Å². The fourth-order valence-electron chi connectivity index (χ4n) is 1.43. The summed E-state index contributed by atoms with van der Waals surface area (Å²) >= 11 is 6.96. The lowest BCUT2D eigenvalue weighted by Gasteiger charge is -2.16. The summed E-state index contributed by atoms with van der Waals surface area (Å²) in [5.74, 6) is -4.10. The van der Waals surface area contributed by atoms with Crippen molar-refractivity contribution in [1.82, 2.24) is 9.97 Å². The highest BCUT2D eigenvalue weighted by Gasteiger charge is 2.40. The van der Waals surface area contributed by atoms with Crippen LogP contribution in [0.1, 0.15) is 4.88 Å².